The summed E-state index contributed by atoms with van der Waals surface area (Å²) < 4.78 is 2.14. The maximum absolute atomic E-state index is 9.41. The lowest BCUT2D eigenvalue weighted by molar-refractivity contribution is 0.274. The van der Waals surface area contributed by atoms with Gasteiger partial charge < -0.3 is 15.0 Å². The van der Waals surface area contributed by atoms with E-state index in [1.165, 1.54) is 10.4 Å². The summed E-state index contributed by atoms with van der Waals surface area (Å²) in [6, 6.07) is 10.4. The molecule has 0 saturated heterocycles. The topological polar surface area (TPSA) is 50.1 Å². The van der Waals surface area contributed by atoms with Crippen molar-refractivity contribution in [3.8, 4) is 0 Å². The normalized spacial score (nSPS) is 18.0. The lowest BCUT2D eigenvalue weighted by atomic mass is 10.0. The standard InChI is InChI=1S/C16H17N3OS/c20-9-8-19-13-4-2-1-3-12(13)18-16(19)15-11-6-10-21-14(11)5-7-17-15/h1-4,6,10,15,17,20H,5,7-9H2. The molecule has 0 bridgehead atoms. The first kappa shape index (κ1) is 13.0. The van der Waals surface area contributed by atoms with Crippen LogP contribution in [0.2, 0.25) is 0 Å². The number of thiophene rings is 1. The van der Waals surface area contributed by atoms with Gasteiger partial charge in [-0.15, -0.1) is 11.3 Å². The molecule has 0 amide bonds. The molecule has 3 heterocycles. The third-order valence-electron chi connectivity index (χ3n) is 4.06. The summed E-state index contributed by atoms with van der Waals surface area (Å²) in [7, 11) is 0. The molecule has 5 heteroatoms. The van der Waals surface area contributed by atoms with E-state index in [1.54, 1.807) is 0 Å². The summed E-state index contributed by atoms with van der Waals surface area (Å²) in [5, 5.41) is 15.1. The number of fused-ring (bicyclic) bond motifs is 2. The molecule has 1 aromatic carbocycles. The smallest absolute Gasteiger partial charge is 0.131 e. The first-order chi connectivity index (χ1) is 10.4. The Morgan fingerprint density at radius 1 is 1.33 bits per heavy atom. The molecule has 1 atom stereocenters. The Morgan fingerprint density at radius 3 is 3.14 bits per heavy atom. The van der Waals surface area contributed by atoms with Gasteiger partial charge in [-0.05, 0) is 35.6 Å². The van der Waals surface area contributed by atoms with Gasteiger partial charge in [0, 0.05) is 18.0 Å². The number of aromatic nitrogens is 2. The zero-order valence-electron chi connectivity index (χ0n) is 11.6. The lowest BCUT2D eigenvalue weighted by Gasteiger charge is -2.24. The van der Waals surface area contributed by atoms with Crippen molar-refractivity contribution in [3.05, 3.63) is 52.0 Å². The quantitative estimate of drug-likeness (QED) is 0.780. The van der Waals surface area contributed by atoms with Crippen LogP contribution >= 0.6 is 11.3 Å². The lowest BCUT2D eigenvalue weighted by Crippen LogP contribution is -2.31. The van der Waals surface area contributed by atoms with E-state index < -0.39 is 0 Å². The highest BCUT2D eigenvalue weighted by atomic mass is 32.1. The number of rotatable bonds is 3. The number of hydrogen-bond donors (Lipinski definition) is 2. The van der Waals surface area contributed by atoms with Gasteiger partial charge in [0.25, 0.3) is 0 Å². The Bertz CT molecular complexity index is 777. The van der Waals surface area contributed by atoms with Crippen LogP contribution in [0, 0.1) is 0 Å². The molecule has 0 saturated carbocycles. The molecular formula is C16H17N3OS. The minimum atomic E-state index is 0.122. The Morgan fingerprint density at radius 2 is 2.24 bits per heavy atom. The SMILES string of the molecule is OCCn1c(C2NCCc3sccc32)nc2ccccc21. The number of para-hydroxylation sites is 2. The van der Waals surface area contributed by atoms with Gasteiger partial charge in [-0.1, -0.05) is 12.1 Å². The van der Waals surface area contributed by atoms with Crippen LogP contribution in [0.5, 0.6) is 0 Å². The van der Waals surface area contributed by atoms with Crippen LogP contribution in [0.25, 0.3) is 11.0 Å². The second-order valence-corrected chi connectivity index (χ2v) is 6.27. The zero-order chi connectivity index (χ0) is 14.2. The van der Waals surface area contributed by atoms with Crippen LogP contribution in [-0.2, 0) is 13.0 Å². The maximum Gasteiger partial charge on any atom is 0.131 e. The number of nitrogens with one attached hydrogen (secondary N) is 1. The van der Waals surface area contributed by atoms with E-state index in [9.17, 15) is 5.11 Å². The first-order valence-corrected chi connectivity index (χ1v) is 8.12. The Hall–Kier alpha value is -1.69. The summed E-state index contributed by atoms with van der Waals surface area (Å²) in [5.41, 5.74) is 3.41. The third kappa shape index (κ3) is 2.09. The van der Waals surface area contributed by atoms with E-state index >= 15 is 0 Å². The van der Waals surface area contributed by atoms with Gasteiger partial charge >= 0.3 is 0 Å². The predicted molar refractivity (Wildman–Crippen MR) is 84.7 cm³/mol. The van der Waals surface area contributed by atoms with E-state index in [2.05, 4.69) is 27.4 Å². The Kier molecular flexibility index (Phi) is 3.25. The molecular weight excluding hydrogens is 282 g/mol. The molecule has 108 valence electrons. The highest BCUT2D eigenvalue weighted by molar-refractivity contribution is 7.10. The molecule has 0 fully saturated rings. The fourth-order valence-electron chi connectivity index (χ4n) is 3.13. The molecule has 0 spiro atoms. The largest absolute Gasteiger partial charge is 0.395 e. The van der Waals surface area contributed by atoms with Gasteiger partial charge in [0.1, 0.15) is 5.82 Å². The third-order valence-corrected chi connectivity index (χ3v) is 5.05. The molecule has 21 heavy (non-hydrogen) atoms. The van der Waals surface area contributed by atoms with Crippen LogP contribution in [0.3, 0.4) is 0 Å². The molecule has 4 rings (SSSR count). The van der Waals surface area contributed by atoms with Crippen molar-refractivity contribution >= 4 is 22.4 Å². The Balaban J connectivity index is 1.89. The number of nitrogens with zero attached hydrogens (tertiary/aromatic N) is 2. The van der Waals surface area contributed by atoms with Crippen LogP contribution in [0.1, 0.15) is 22.3 Å². The fourth-order valence-corrected chi connectivity index (χ4v) is 4.05. The van der Waals surface area contributed by atoms with Crippen molar-refractivity contribution in [1.82, 2.24) is 14.9 Å². The van der Waals surface area contributed by atoms with Gasteiger partial charge in [-0.2, -0.15) is 0 Å². The molecule has 1 unspecified atom stereocenters. The minimum Gasteiger partial charge on any atom is -0.395 e. The van der Waals surface area contributed by atoms with Crippen molar-refractivity contribution in [2.24, 2.45) is 0 Å². The molecule has 2 aromatic heterocycles. The number of hydrogen-bond acceptors (Lipinski definition) is 4. The van der Waals surface area contributed by atoms with E-state index in [0.29, 0.717) is 6.54 Å². The van der Waals surface area contributed by atoms with Crippen LogP contribution in [0.15, 0.2) is 35.7 Å². The van der Waals surface area contributed by atoms with Gasteiger partial charge in [0.05, 0.1) is 23.7 Å². The van der Waals surface area contributed by atoms with E-state index in [-0.39, 0.29) is 12.6 Å². The van der Waals surface area contributed by atoms with Crippen molar-refractivity contribution in [3.63, 3.8) is 0 Å². The second-order valence-electron chi connectivity index (χ2n) is 5.27. The number of aliphatic hydroxyl groups excluding tert-OH is 1. The van der Waals surface area contributed by atoms with Crippen molar-refractivity contribution in [1.29, 1.82) is 0 Å². The molecule has 1 aliphatic rings. The van der Waals surface area contributed by atoms with Crippen molar-refractivity contribution in [2.75, 3.05) is 13.2 Å². The van der Waals surface area contributed by atoms with Crippen molar-refractivity contribution in [2.45, 2.75) is 19.0 Å². The molecule has 3 aromatic rings. The van der Waals surface area contributed by atoms with Gasteiger partial charge in [-0.3, -0.25) is 0 Å². The van der Waals surface area contributed by atoms with Gasteiger partial charge in [-0.25, -0.2) is 4.98 Å². The second kappa shape index (κ2) is 5.26. The predicted octanol–water partition coefficient (Wildman–Crippen LogP) is 2.33. The monoisotopic (exact) mass is 299 g/mol. The van der Waals surface area contributed by atoms with E-state index in [0.717, 1.165) is 29.8 Å². The molecule has 0 aliphatic carbocycles. The van der Waals surface area contributed by atoms with Gasteiger partial charge in [0.15, 0.2) is 0 Å². The summed E-state index contributed by atoms with van der Waals surface area (Å²) in [4.78, 5) is 6.27. The molecule has 0 radical (unpaired) electrons. The average Bonchev–Trinajstić information content (AvgIpc) is 3.12. The van der Waals surface area contributed by atoms with Crippen LogP contribution in [-0.4, -0.2) is 27.8 Å². The minimum absolute atomic E-state index is 0.122. The molecule has 4 nitrogen and oxygen atoms in total. The number of benzene rings is 1. The van der Waals surface area contributed by atoms with Crippen LogP contribution in [0.4, 0.5) is 0 Å². The summed E-state index contributed by atoms with van der Waals surface area (Å²) in [6.07, 6.45) is 1.09. The fraction of sp³-hybridized carbons (Fsp3) is 0.312. The summed E-state index contributed by atoms with van der Waals surface area (Å²) in [6.45, 7) is 1.67. The summed E-state index contributed by atoms with van der Waals surface area (Å²) >= 11 is 1.82. The number of aliphatic hydroxyl groups is 1. The maximum atomic E-state index is 9.41. The average molecular weight is 299 g/mol. The van der Waals surface area contributed by atoms with Crippen molar-refractivity contribution < 1.29 is 5.11 Å². The zero-order valence-corrected chi connectivity index (χ0v) is 12.4. The summed E-state index contributed by atoms with van der Waals surface area (Å²) in [5.74, 6) is 1.00. The van der Waals surface area contributed by atoms with E-state index in [1.807, 2.05) is 29.5 Å². The highest BCUT2D eigenvalue weighted by Crippen LogP contribution is 2.33. The van der Waals surface area contributed by atoms with Crippen LogP contribution < -0.4 is 5.32 Å². The first-order valence-electron chi connectivity index (χ1n) is 7.24. The van der Waals surface area contributed by atoms with E-state index in [4.69, 9.17) is 4.98 Å². The molecule has 1 aliphatic heterocycles. The van der Waals surface area contributed by atoms with Gasteiger partial charge in [0.2, 0.25) is 0 Å². The Labute approximate surface area is 127 Å². The molecule has 2 N–H and O–H groups in total. The number of imidazole rings is 1. The highest BCUT2D eigenvalue weighted by Gasteiger charge is 2.27.